The minimum Gasteiger partial charge on any atom is -0.481 e. The smallest absolute Gasteiger partial charge is 0.344 e. The zero-order valence-corrected chi connectivity index (χ0v) is 17.0. The SMILES string of the molecule is CNS(=O)(=O)c1cccc(-c2cc(C=O)ccc2OCC(=O)OC(C)(C)C)c1. The van der Waals surface area contributed by atoms with Gasteiger partial charge >= 0.3 is 5.97 Å². The van der Waals surface area contributed by atoms with E-state index in [1.165, 1.54) is 19.2 Å². The number of ether oxygens (including phenoxy) is 2. The van der Waals surface area contributed by atoms with Crippen molar-refractivity contribution in [2.45, 2.75) is 31.3 Å². The van der Waals surface area contributed by atoms with E-state index in [4.69, 9.17) is 9.47 Å². The molecule has 2 aromatic rings. The molecule has 28 heavy (non-hydrogen) atoms. The van der Waals surface area contributed by atoms with Crippen molar-refractivity contribution >= 4 is 22.3 Å². The highest BCUT2D eigenvalue weighted by Gasteiger charge is 2.18. The van der Waals surface area contributed by atoms with Gasteiger partial charge in [0.05, 0.1) is 4.90 Å². The van der Waals surface area contributed by atoms with Gasteiger partial charge in [0.2, 0.25) is 10.0 Å². The zero-order valence-electron chi connectivity index (χ0n) is 16.2. The van der Waals surface area contributed by atoms with E-state index in [0.717, 1.165) is 0 Å². The lowest BCUT2D eigenvalue weighted by molar-refractivity contribution is -0.157. The summed E-state index contributed by atoms with van der Waals surface area (Å²) in [6, 6.07) is 10.9. The van der Waals surface area contributed by atoms with Gasteiger partial charge in [0, 0.05) is 11.1 Å². The van der Waals surface area contributed by atoms with E-state index >= 15 is 0 Å². The fourth-order valence-corrected chi connectivity index (χ4v) is 3.20. The van der Waals surface area contributed by atoms with E-state index in [1.54, 1.807) is 51.1 Å². The molecule has 150 valence electrons. The molecule has 0 spiro atoms. The van der Waals surface area contributed by atoms with E-state index in [1.807, 2.05) is 0 Å². The van der Waals surface area contributed by atoms with Crippen LogP contribution in [0.5, 0.6) is 5.75 Å². The van der Waals surface area contributed by atoms with Gasteiger partial charge in [0.25, 0.3) is 0 Å². The molecule has 0 saturated carbocycles. The second kappa shape index (κ2) is 8.53. The number of rotatable bonds is 7. The maximum Gasteiger partial charge on any atom is 0.344 e. The number of carbonyl (C=O) groups excluding carboxylic acids is 2. The molecule has 1 N–H and O–H groups in total. The Morgan fingerprint density at radius 1 is 1.14 bits per heavy atom. The van der Waals surface area contributed by atoms with Crippen LogP contribution >= 0.6 is 0 Å². The number of hydrogen-bond donors (Lipinski definition) is 1. The second-order valence-corrected chi connectivity index (χ2v) is 8.87. The largest absolute Gasteiger partial charge is 0.481 e. The van der Waals surface area contributed by atoms with Crippen molar-refractivity contribution in [3.63, 3.8) is 0 Å². The van der Waals surface area contributed by atoms with Crippen LogP contribution in [-0.4, -0.2) is 39.9 Å². The zero-order chi connectivity index (χ0) is 20.9. The molecular weight excluding hydrogens is 382 g/mol. The van der Waals surface area contributed by atoms with Gasteiger partial charge in [-0.1, -0.05) is 12.1 Å². The maximum atomic E-state index is 12.1. The molecule has 0 bridgehead atoms. The summed E-state index contributed by atoms with van der Waals surface area (Å²) >= 11 is 0. The average Bonchev–Trinajstić information content (AvgIpc) is 2.65. The van der Waals surface area contributed by atoms with Gasteiger partial charge in [-0.05, 0) is 63.7 Å². The van der Waals surface area contributed by atoms with Crippen molar-refractivity contribution < 1.29 is 27.5 Å². The normalized spacial score (nSPS) is 11.7. The number of carbonyl (C=O) groups is 2. The van der Waals surface area contributed by atoms with Crippen molar-refractivity contribution in [3.05, 3.63) is 48.0 Å². The monoisotopic (exact) mass is 405 g/mol. The van der Waals surface area contributed by atoms with Crippen LogP contribution in [0.3, 0.4) is 0 Å². The molecule has 8 heteroatoms. The summed E-state index contributed by atoms with van der Waals surface area (Å²) < 4.78 is 37.2. The van der Waals surface area contributed by atoms with Crippen LogP contribution < -0.4 is 9.46 Å². The Hall–Kier alpha value is -2.71. The van der Waals surface area contributed by atoms with Gasteiger partial charge in [-0.15, -0.1) is 0 Å². The first-order valence-electron chi connectivity index (χ1n) is 8.53. The van der Waals surface area contributed by atoms with Crippen molar-refractivity contribution in [2.24, 2.45) is 0 Å². The summed E-state index contributed by atoms with van der Waals surface area (Å²) in [7, 11) is -2.31. The summed E-state index contributed by atoms with van der Waals surface area (Å²) in [6.07, 6.45) is 0.676. The van der Waals surface area contributed by atoms with E-state index in [-0.39, 0.29) is 11.5 Å². The maximum absolute atomic E-state index is 12.1. The summed E-state index contributed by atoms with van der Waals surface area (Å²) in [5, 5.41) is 0. The van der Waals surface area contributed by atoms with Crippen LogP contribution in [0.15, 0.2) is 47.4 Å². The van der Waals surface area contributed by atoms with Crippen LogP contribution in [0.1, 0.15) is 31.1 Å². The van der Waals surface area contributed by atoms with Gasteiger partial charge in [-0.2, -0.15) is 0 Å². The molecule has 0 radical (unpaired) electrons. The van der Waals surface area contributed by atoms with E-state index in [0.29, 0.717) is 28.7 Å². The molecule has 0 aliphatic carbocycles. The number of sulfonamides is 1. The average molecular weight is 405 g/mol. The molecular formula is C20H23NO6S. The summed E-state index contributed by atoms with van der Waals surface area (Å²) in [5.74, 6) is -0.208. The lowest BCUT2D eigenvalue weighted by Gasteiger charge is -2.20. The van der Waals surface area contributed by atoms with Crippen molar-refractivity contribution in [2.75, 3.05) is 13.7 Å². The number of esters is 1. The van der Waals surface area contributed by atoms with Gasteiger partial charge in [0.1, 0.15) is 17.6 Å². The standard InChI is InChI=1S/C20H23NO6S/c1-20(2,3)27-19(23)13-26-18-9-8-14(12-22)10-17(18)15-6-5-7-16(11-15)28(24,25)21-4/h5-12,21H,13H2,1-4H3. The van der Waals surface area contributed by atoms with Gasteiger partial charge in [-0.25, -0.2) is 17.9 Å². The molecule has 0 heterocycles. The number of hydrogen-bond acceptors (Lipinski definition) is 6. The third kappa shape index (κ3) is 5.64. The fourth-order valence-electron chi connectivity index (χ4n) is 2.43. The molecule has 0 aromatic heterocycles. The van der Waals surface area contributed by atoms with Crippen LogP contribution in [0, 0.1) is 0 Å². The predicted octanol–water partition coefficient (Wildman–Crippen LogP) is 2.79. The molecule has 0 aliphatic heterocycles. The molecule has 0 unspecified atom stereocenters. The molecule has 0 saturated heterocycles. The first-order chi connectivity index (χ1) is 13.1. The Bertz CT molecular complexity index is 976. The van der Waals surface area contributed by atoms with E-state index in [9.17, 15) is 18.0 Å². The van der Waals surface area contributed by atoms with Crippen molar-refractivity contribution in [1.82, 2.24) is 4.72 Å². The Labute approximate surface area is 164 Å². The Balaban J connectivity index is 2.40. The molecule has 0 atom stereocenters. The Morgan fingerprint density at radius 3 is 2.46 bits per heavy atom. The van der Waals surface area contributed by atoms with Crippen LogP contribution in [-0.2, 0) is 19.6 Å². The van der Waals surface area contributed by atoms with E-state index in [2.05, 4.69) is 4.72 Å². The predicted molar refractivity (Wildman–Crippen MR) is 105 cm³/mol. The summed E-state index contributed by atoms with van der Waals surface area (Å²) in [6.45, 7) is 4.94. The molecule has 0 fully saturated rings. The van der Waals surface area contributed by atoms with Gasteiger partial charge < -0.3 is 9.47 Å². The van der Waals surface area contributed by atoms with E-state index < -0.39 is 21.6 Å². The Kier molecular flexibility index (Phi) is 6.58. The lowest BCUT2D eigenvalue weighted by atomic mass is 10.0. The van der Waals surface area contributed by atoms with Crippen LogP contribution in [0.25, 0.3) is 11.1 Å². The highest BCUT2D eigenvalue weighted by Crippen LogP contribution is 2.32. The third-order valence-electron chi connectivity index (χ3n) is 3.63. The van der Waals surface area contributed by atoms with Gasteiger partial charge in [0.15, 0.2) is 6.61 Å². The first kappa shape index (κ1) is 21.6. The van der Waals surface area contributed by atoms with Crippen LogP contribution in [0.2, 0.25) is 0 Å². The first-order valence-corrected chi connectivity index (χ1v) is 10.0. The molecule has 0 amide bonds. The molecule has 7 nitrogen and oxygen atoms in total. The molecule has 2 rings (SSSR count). The summed E-state index contributed by atoms with van der Waals surface area (Å²) in [5.41, 5.74) is 0.766. The number of benzene rings is 2. The fraction of sp³-hybridized carbons (Fsp3) is 0.300. The van der Waals surface area contributed by atoms with Gasteiger partial charge in [-0.3, -0.25) is 4.79 Å². The van der Waals surface area contributed by atoms with Crippen LogP contribution in [0.4, 0.5) is 0 Å². The number of aldehydes is 1. The molecule has 2 aromatic carbocycles. The molecule has 0 aliphatic rings. The van der Waals surface area contributed by atoms with Crippen molar-refractivity contribution in [1.29, 1.82) is 0 Å². The Morgan fingerprint density at radius 2 is 1.86 bits per heavy atom. The minimum atomic E-state index is -3.64. The quantitative estimate of drug-likeness (QED) is 0.562. The highest BCUT2D eigenvalue weighted by molar-refractivity contribution is 7.89. The summed E-state index contributed by atoms with van der Waals surface area (Å²) in [4.78, 5) is 23.2. The minimum absolute atomic E-state index is 0.0714. The van der Waals surface area contributed by atoms with Crippen molar-refractivity contribution in [3.8, 4) is 16.9 Å². The highest BCUT2D eigenvalue weighted by atomic mass is 32.2. The third-order valence-corrected chi connectivity index (χ3v) is 5.04. The lowest BCUT2D eigenvalue weighted by Crippen LogP contribution is -2.27. The second-order valence-electron chi connectivity index (χ2n) is 6.98. The topological polar surface area (TPSA) is 98.8 Å². The number of nitrogens with one attached hydrogen (secondary N) is 1.